The lowest BCUT2D eigenvalue weighted by Crippen LogP contribution is -2.05. The largest absolute Gasteiger partial charge is 0.454 e. The van der Waals surface area contributed by atoms with E-state index >= 15 is 0 Å². The molecule has 0 amide bonds. The summed E-state index contributed by atoms with van der Waals surface area (Å²) in [6.07, 6.45) is 1.91. The highest BCUT2D eigenvalue weighted by Gasteiger charge is 2.15. The Kier molecular flexibility index (Phi) is 2.59. The fourth-order valence-electron chi connectivity index (χ4n) is 1.74. The van der Waals surface area contributed by atoms with Gasteiger partial charge >= 0.3 is 0 Å². The van der Waals surface area contributed by atoms with Gasteiger partial charge < -0.3 is 15.2 Å². The number of nitrogens with two attached hydrogens (primary N) is 1. The second-order valence-corrected chi connectivity index (χ2v) is 3.37. The number of ether oxygens (including phenoxy) is 2. The molecule has 2 N–H and O–H groups in total. The van der Waals surface area contributed by atoms with E-state index in [-0.39, 0.29) is 0 Å². The molecule has 0 unspecified atom stereocenters. The molecule has 2 rings (SSSR count). The maximum Gasteiger partial charge on any atom is 0.231 e. The van der Waals surface area contributed by atoms with Crippen LogP contribution >= 0.6 is 0 Å². The average molecular weight is 193 g/mol. The predicted molar refractivity (Wildman–Crippen MR) is 54.7 cm³/mol. The van der Waals surface area contributed by atoms with Gasteiger partial charge in [-0.05, 0) is 42.6 Å². The Morgan fingerprint density at radius 2 is 1.86 bits per heavy atom. The topological polar surface area (TPSA) is 44.5 Å². The summed E-state index contributed by atoms with van der Waals surface area (Å²) >= 11 is 0. The number of fused-ring (bicyclic) bond motifs is 1. The van der Waals surface area contributed by atoms with Crippen molar-refractivity contribution in [2.75, 3.05) is 13.3 Å². The van der Waals surface area contributed by atoms with E-state index in [1.165, 1.54) is 11.1 Å². The molecule has 0 aromatic heterocycles. The molecule has 3 nitrogen and oxygen atoms in total. The van der Waals surface area contributed by atoms with Gasteiger partial charge in [0, 0.05) is 0 Å². The fourth-order valence-corrected chi connectivity index (χ4v) is 1.74. The second kappa shape index (κ2) is 3.88. The normalized spacial score (nSPS) is 13.3. The van der Waals surface area contributed by atoms with Crippen LogP contribution in [0.3, 0.4) is 0 Å². The van der Waals surface area contributed by atoms with Crippen molar-refractivity contribution >= 4 is 0 Å². The zero-order valence-electron chi connectivity index (χ0n) is 8.38. The SMILES string of the molecule is CCc1cc2c(cc1CCN)OCO2. The summed E-state index contributed by atoms with van der Waals surface area (Å²) in [5.41, 5.74) is 8.14. The second-order valence-electron chi connectivity index (χ2n) is 3.37. The van der Waals surface area contributed by atoms with Crippen molar-refractivity contribution in [2.45, 2.75) is 19.8 Å². The van der Waals surface area contributed by atoms with Crippen molar-refractivity contribution in [1.29, 1.82) is 0 Å². The summed E-state index contributed by atoms with van der Waals surface area (Å²) in [4.78, 5) is 0. The van der Waals surface area contributed by atoms with Crippen LogP contribution < -0.4 is 15.2 Å². The lowest BCUT2D eigenvalue weighted by molar-refractivity contribution is 0.174. The van der Waals surface area contributed by atoms with Gasteiger partial charge in [0.2, 0.25) is 6.79 Å². The molecule has 0 saturated heterocycles. The molecule has 0 aliphatic carbocycles. The van der Waals surface area contributed by atoms with Gasteiger partial charge in [0.1, 0.15) is 0 Å². The lowest BCUT2D eigenvalue weighted by Gasteiger charge is -2.08. The smallest absolute Gasteiger partial charge is 0.231 e. The molecule has 0 atom stereocenters. The molecule has 3 heteroatoms. The first-order chi connectivity index (χ1) is 6.85. The quantitative estimate of drug-likeness (QED) is 0.790. The lowest BCUT2D eigenvalue weighted by atomic mass is 10.0. The van der Waals surface area contributed by atoms with E-state index in [1.807, 2.05) is 6.07 Å². The Hall–Kier alpha value is -1.22. The van der Waals surface area contributed by atoms with Gasteiger partial charge in [-0.3, -0.25) is 0 Å². The molecule has 1 heterocycles. The molecular formula is C11H15NO2. The van der Waals surface area contributed by atoms with Crippen molar-refractivity contribution < 1.29 is 9.47 Å². The van der Waals surface area contributed by atoms with Crippen LogP contribution in [0.2, 0.25) is 0 Å². The first-order valence-electron chi connectivity index (χ1n) is 4.96. The van der Waals surface area contributed by atoms with Gasteiger partial charge in [-0.15, -0.1) is 0 Å². The van der Waals surface area contributed by atoms with Gasteiger partial charge in [0.15, 0.2) is 11.5 Å². The molecule has 1 aliphatic heterocycles. The molecule has 0 spiro atoms. The summed E-state index contributed by atoms with van der Waals surface area (Å²) in [7, 11) is 0. The van der Waals surface area contributed by atoms with Crippen LogP contribution in [0.4, 0.5) is 0 Å². The third-order valence-electron chi connectivity index (χ3n) is 2.49. The number of rotatable bonds is 3. The Labute approximate surface area is 83.8 Å². The molecule has 76 valence electrons. The predicted octanol–water partition coefficient (Wildman–Crippen LogP) is 1.48. The molecule has 0 fully saturated rings. The average Bonchev–Trinajstić information content (AvgIpc) is 2.64. The van der Waals surface area contributed by atoms with Crippen LogP contribution in [0, 0.1) is 0 Å². The highest BCUT2D eigenvalue weighted by Crippen LogP contribution is 2.35. The minimum Gasteiger partial charge on any atom is -0.454 e. The standard InChI is InChI=1S/C11H15NO2/c1-2-8-5-10-11(14-7-13-10)6-9(8)3-4-12/h5-6H,2-4,7,12H2,1H3. The third kappa shape index (κ3) is 1.55. The van der Waals surface area contributed by atoms with Crippen molar-refractivity contribution in [2.24, 2.45) is 5.73 Å². The van der Waals surface area contributed by atoms with E-state index in [1.54, 1.807) is 0 Å². The van der Waals surface area contributed by atoms with E-state index in [0.717, 1.165) is 24.3 Å². The van der Waals surface area contributed by atoms with Crippen molar-refractivity contribution in [3.8, 4) is 11.5 Å². The van der Waals surface area contributed by atoms with Crippen molar-refractivity contribution in [1.82, 2.24) is 0 Å². The zero-order valence-corrected chi connectivity index (χ0v) is 8.38. The van der Waals surface area contributed by atoms with Crippen LogP contribution in [0.25, 0.3) is 0 Å². The van der Waals surface area contributed by atoms with Gasteiger partial charge in [-0.25, -0.2) is 0 Å². The molecule has 0 radical (unpaired) electrons. The van der Waals surface area contributed by atoms with E-state index in [9.17, 15) is 0 Å². The molecule has 0 saturated carbocycles. The Morgan fingerprint density at radius 1 is 1.21 bits per heavy atom. The van der Waals surface area contributed by atoms with E-state index in [2.05, 4.69) is 13.0 Å². The molecular weight excluding hydrogens is 178 g/mol. The molecule has 1 aliphatic rings. The summed E-state index contributed by atoms with van der Waals surface area (Å²) in [5.74, 6) is 1.72. The van der Waals surface area contributed by atoms with E-state index in [0.29, 0.717) is 13.3 Å². The third-order valence-corrected chi connectivity index (χ3v) is 2.49. The number of hydrogen-bond donors (Lipinski definition) is 1. The van der Waals surface area contributed by atoms with Gasteiger partial charge in [-0.2, -0.15) is 0 Å². The number of aryl methyl sites for hydroxylation is 1. The highest BCUT2D eigenvalue weighted by molar-refractivity contribution is 5.48. The van der Waals surface area contributed by atoms with Gasteiger partial charge in [0.05, 0.1) is 0 Å². The summed E-state index contributed by atoms with van der Waals surface area (Å²) < 4.78 is 10.6. The minimum atomic E-state index is 0.338. The van der Waals surface area contributed by atoms with E-state index < -0.39 is 0 Å². The molecule has 1 aromatic carbocycles. The highest BCUT2D eigenvalue weighted by atomic mass is 16.7. The van der Waals surface area contributed by atoms with Crippen LogP contribution in [0.5, 0.6) is 11.5 Å². The van der Waals surface area contributed by atoms with Crippen molar-refractivity contribution in [3.05, 3.63) is 23.3 Å². The van der Waals surface area contributed by atoms with Gasteiger partial charge in [-0.1, -0.05) is 6.92 Å². The first kappa shape index (κ1) is 9.34. The Balaban J connectivity index is 2.38. The van der Waals surface area contributed by atoms with E-state index in [4.69, 9.17) is 15.2 Å². The molecule has 0 bridgehead atoms. The monoisotopic (exact) mass is 193 g/mol. The summed E-state index contributed by atoms with van der Waals surface area (Å²) in [6, 6.07) is 4.11. The van der Waals surface area contributed by atoms with Crippen molar-refractivity contribution in [3.63, 3.8) is 0 Å². The molecule has 1 aromatic rings. The number of hydrogen-bond acceptors (Lipinski definition) is 3. The van der Waals surface area contributed by atoms with Gasteiger partial charge in [0.25, 0.3) is 0 Å². The first-order valence-corrected chi connectivity index (χ1v) is 4.96. The van der Waals surface area contributed by atoms with Crippen LogP contribution in [-0.4, -0.2) is 13.3 Å². The van der Waals surface area contributed by atoms with Crippen LogP contribution in [0.1, 0.15) is 18.1 Å². The Bertz CT molecular complexity index is 336. The maximum atomic E-state index is 5.56. The Morgan fingerprint density at radius 3 is 2.43 bits per heavy atom. The summed E-state index contributed by atoms with van der Waals surface area (Å²) in [5, 5.41) is 0. The van der Waals surface area contributed by atoms with Crippen LogP contribution in [-0.2, 0) is 12.8 Å². The molecule has 14 heavy (non-hydrogen) atoms. The number of benzene rings is 1. The summed E-state index contributed by atoms with van der Waals surface area (Å²) in [6.45, 7) is 3.15. The fraction of sp³-hybridized carbons (Fsp3) is 0.455. The minimum absolute atomic E-state index is 0.338. The van der Waals surface area contributed by atoms with Crippen LogP contribution in [0.15, 0.2) is 12.1 Å². The maximum absolute atomic E-state index is 5.56. The zero-order chi connectivity index (χ0) is 9.97.